The van der Waals surface area contributed by atoms with Crippen molar-refractivity contribution in [1.29, 1.82) is 0 Å². The van der Waals surface area contributed by atoms with Crippen molar-refractivity contribution >= 4 is 0 Å². The Morgan fingerprint density at radius 3 is 2.82 bits per heavy atom. The highest BCUT2D eigenvalue weighted by Gasteiger charge is 2.02. The van der Waals surface area contributed by atoms with Crippen LogP contribution in [-0.2, 0) is 18.4 Å². The van der Waals surface area contributed by atoms with Crippen LogP contribution in [0.3, 0.4) is 0 Å². The molecule has 0 fully saturated rings. The van der Waals surface area contributed by atoms with Gasteiger partial charge < -0.3 is 9.30 Å². The van der Waals surface area contributed by atoms with Crippen molar-refractivity contribution in [2.45, 2.75) is 20.5 Å². The van der Waals surface area contributed by atoms with Crippen molar-refractivity contribution in [2.24, 2.45) is 7.05 Å². The van der Waals surface area contributed by atoms with Gasteiger partial charge in [0.1, 0.15) is 0 Å². The van der Waals surface area contributed by atoms with Crippen LogP contribution < -0.4 is 0 Å². The lowest BCUT2D eigenvalue weighted by atomic mass is 10.3. The Morgan fingerprint density at radius 2 is 2.36 bits per heavy atom. The van der Waals surface area contributed by atoms with Crippen LogP contribution in [0.1, 0.15) is 18.3 Å². The highest BCUT2D eigenvalue weighted by molar-refractivity contribution is 5.09. The molecule has 0 bridgehead atoms. The number of hydrogen-bond donors (Lipinski definition) is 0. The van der Waals surface area contributed by atoms with Gasteiger partial charge in [0, 0.05) is 13.7 Å². The molecule has 0 saturated heterocycles. The zero-order valence-electron chi connectivity index (χ0n) is 7.29. The van der Waals surface area contributed by atoms with E-state index in [2.05, 4.69) is 4.98 Å². The second-order valence-electron chi connectivity index (χ2n) is 2.52. The lowest BCUT2D eigenvalue weighted by Gasteiger charge is -2.02. The van der Waals surface area contributed by atoms with Crippen LogP contribution in [-0.4, -0.2) is 16.2 Å². The number of hydrogen-bond acceptors (Lipinski definition) is 2. The molecule has 3 nitrogen and oxygen atoms in total. The maximum Gasteiger partial charge on any atom is 0.0949 e. The quantitative estimate of drug-likeness (QED) is 0.655. The lowest BCUT2D eigenvalue weighted by molar-refractivity contribution is 0.129. The third-order valence-corrected chi connectivity index (χ3v) is 1.71. The monoisotopic (exact) mass is 154 g/mol. The minimum atomic E-state index is 0.666. The highest BCUT2D eigenvalue weighted by Crippen LogP contribution is 2.05. The van der Waals surface area contributed by atoms with Crippen molar-refractivity contribution < 1.29 is 4.74 Å². The first-order valence-corrected chi connectivity index (χ1v) is 3.80. The van der Waals surface area contributed by atoms with E-state index >= 15 is 0 Å². The predicted molar refractivity (Wildman–Crippen MR) is 43.3 cm³/mol. The molecular formula is C8H14N2O. The Bertz CT molecular complexity index is 210. The SMILES string of the molecule is CCOCc1c(C)ncn1C. The fourth-order valence-corrected chi connectivity index (χ4v) is 0.978. The molecule has 0 aliphatic heterocycles. The standard InChI is InChI=1S/C8H14N2O/c1-4-11-5-8-7(2)9-6-10(8)3/h6H,4-5H2,1-3H3. The van der Waals surface area contributed by atoms with Gasteiger partial charge in [0.15, 0.2) is 0 Å². The van der Waals surface area contributed by atoms with Crippen LogP contribution in [0.25, 0.3) is 0 Å². The summed E-state index contributed by atoms with van der Waals surface area (Å²) in [4.78, 5) is 4.15. The largest absolute Gasteiger partial charge is 0.375 e. The van der Waals surface area contributed by atoms with E-state index in [1.165, 1.54) is 0 Å². The van der Waals surface area contributed by atoms with Crippen LogP contribution in [0.2, 0.25) is 0 Å². The molecule has 0 saturated carbocycles. The number of aryl methyl sites for hydroxylation is 2. The van der Waals surface area contributed by atoms with Crippen LogP contribution in [0.4, 0.5) is 0 Å². The number of ether oxygens (including phenoxy) is 1. The van der Waals surface area contributed by atoms with E-state index in [0.29, 0.717) is 6.61 Å². The van der Waals surface area contributed by atoms with E-state index in [4.69, 9.17) is 4.74 Å². The Balaban J connectivity index is 2.67. The Morgan fingerprint density at radius 1 is 1.64 bits per heavy atom. The van der Waals surface area contributed by atoms with E-state index in [0.717, 1.165) is 18.0 Å². The van der Waals surface area contributed by atoms with Gasteiger partial charge in [-0.1, -0.05) is 0 Å². The normalized spacial score (nSPS) is 10.5. The summed E-state index contributed by atoms with van der Waals surface area (Å²) in [6.07, 6.45) is 1.81. The summed E-state index contributed by atoms with van der Waals surface area (Å²) in [6, 6.07) is 0. The average Bonchev–Trinajstić information content (AvgIpc) is 2.29. The predicted octanol–water partition coefficient (Wildman–Crippen LogP) is 1.27. The lowest BCUT2D eigenvalue weighted by Crippen LogP contribution is -2.00. The van der Waals surface area contributed by atoms with E-state index in [1.807, 2.05) is 31.8 Å². The molecule has 11 heavy (non-hydrogen) atoms. The maximum absolute atomic E-state index is 5.28. The third-order valence-electron chi connectivity index (χ3n) is 1.71. The second kappa shape index (κ2) is 3.53. The van der Waals surface area contributed by atoms with Gasteiger partial charge >= 0.3 is 0 Å². The molecule has 62 valence electrons. The molecule has 0 aliphatic rings. The molecule has 1 aromatic rings. The van der Waals surface area contributed by atoms with Gasteiger partial charge in [0.2, 0.25) is 0 Å². The van der Waals surface area contributed by atoms with Crippen molar-refractivity contribution in [3.63, 3.8) is 0 Å². The summed E-state index contributed by atoms with van der Waals surface area (Å²) < 4.78 is 7.27. The molecule has 0 unspecified atom stereocenters. The smallest absolute Gasteiger partial charge is 0.0949 e. The number of rotatable bonds is 3. The Kier molecular flexibility index (Phi) is 2.65. The van der Waals surface area contributed by atoms with Gasteiger partial charge in [-0.05, 0) is 13.8 Å². The fraction of sp³-hybridized carbons (Fsp3) is 0.625. The zero-order chi connectivity index (χ0) is 8.27. The molecule has 0 amide bonds. The van der Waals surface area contributed by atoms with E-state index in [9.17, 15) is 0 Å². The van der Waals surface area contributed by atoms with E-state index in [1.54, 1.807) is 0 Å². The molecular weight excluding hydrogens is 140 g/mol. The Labute approximate surface area is 67.0 Å². The molecule has 0 aromatic carbocycles. The van der Waals surface area contributed by atoms with Gasteiger partial charge in [-0.15, -0.1) is 0 Å². The maximum atomic E-state index is 5.28. The van der Waals surface area contributed by atoms with Crippen molar-refractivity contribution in [3.05, 3.63) is 17.7 Å². The number of aromatic nitrogens is 2. The van der Waals surface area contributed by atoms with Gasteiger partial charge in [0.05, 0.1) is 24.3 Å². The van der Waals surface area contributed by atoms with E-state index < -0.39 is 0 Å². The first-order valence-electron chi connectivity index (χ1n) is 3.80. The molecule has 0 atom stereocenters. The zero-order valence-corrected chi connectivity index (χ0v) is 7.29. The van der Waals surface area contributed by atoms with Crippen LogP contribution in [0, 0.1) is 6.92 Å². The minimum Gasteiger partial charge on any atom is -0.375 e. The van der Waals surface area contributed by atoms with Gasteiger partial charge in [-0.25, -0.2) is 4.98 Å². The van der Waals surface area contributed by atoms with Crippen molar-refractivity contribution in [2.75, 3.05) is 6.61 Å². The second-order valence-corrected chi connectivity index (χ2v) is 2.52. The average molecular weight is 154 g/mol. The molecule has 1 rings (SSSR count). The number of nitrogens with zero attached hydrogens (tertiary/aromatic N) is 2. The molecule has 0 spiro atoms. The summed E-state index contributed by atoms with van der Waals surface area (Å²) in [5.41, 5.74) is 2.22. The van der Waals surface area contributed by atoms with Gasteiger partial charge in [-0.2, -0.15) is 0 Å². The molecule has 0 radical (unpaired) electrons. The summed E-state index contributed by atoms with van der Waals surface area (Å²) in [6.45, 7) is 5.41. The highest BCUT2D eigenvalue weighted by atomic mass is 16.5. The van der Waals surface area contributed by atoms with Crippen LogP contribution in [0.15, 0.2) is 6.33 Å². The first kappa shape index (κ1) is 8.27. The molecule has 3 heteroatoms. The Hall–Kier alpha value is -0.830. The van der Waals surface area contributed by atoms with Crippen molar-refractivity contribution in [3.8, 4) is 0 Å². The van der Waals surface area contributed by atoms with E-state index in [-0.39, 0.29) is 0 Å². The third kappa shape index (κ3) is 1.80. The van der Waals surface area contributed by atoms with Crippen LogP contribution >= 0.6 is 0 Å². The topological polar surface area (TPSA) is 27.1 Å². The minimum absolute atomic E-state index is 0.666. The summed E-state index contributed by atoms with van der Waals surface area (Å²) in [7, 11) is 1.98. The fourth-order valence-electron chi connectivity index (χ4n) is 0.978. The summed E-state index contributed by atoms with van der Waals surface area (Å²) >= 11 is 0. The molecule has 0 aliphatic carbocycles. The first-order chi connectivity index (χ1) is 5.25. The molecule has 1 heterocycles. The molecule has 0 N–H and O–H groups in total. The number of imidazole rings is 1. The summed E-state index contributed by atoms with van der Waals surface area (Å²) in [5, 5.41) is 0. The molecule has 1 aromatic heterocycles. The van der Waals surface area contributed by atoms with Gasteiger partial charge in [-0.3, -0.25) is 0 Å². The van der Waals surface area contributed by atoms with Gasteiger partial charge in [0.25, 0.3) is 0 Å². The summed E-state index contributed by atoms with van der Waals surface area (Å²) in [5.74, 6) is 0. The van der Waals surface area contributed by atoms with Crippen LogP contribution in [0.5, 0.6) is 0 Å². The van der Waals surface area contributed by atoms with Crippen molar-refractivity contribution in [1.82, 2.24) is 9.55 Å².